The SMILES string of the molecule is CC[CH]c1c(CCC)cc(CCC)cc1CCC. The van der Waals surface area contributed by atoms with Gasteiger partial charge in [0.1, 0.15) is 0 Å². The largest absolute Gasteiger partial charge is 0.0651 e. The molecule has 0 heteroatoms. The molecule has 0 fully saturated rings. The van der Waals surface area contributed by atoms with Crippen LogP contribution in [0.15, 0.2) is 12.1 Å². The summed E-state index contributed by atoms with van der Waals surface area (Å²) in [6.45, 7) is 9.07. The third-order valence-corrected chi connectivity index (χ3v) is 3.40. The second kappa shape index (κ2) is 8.34. The van der Waals surface area contributed by atoms with E-state index in [-0.39, 0.29) is 0 Å². The Labute approximate surface area is 114 Å². The van der Waals surface area contributed by atoms with Crippen LogP contribution in [0.1, 0.15) is 75.6 Å². The highest BCUT2D eigenvalue weighted by atomic mass is 14.1. The van der Waals surface area contributed by atoms with Gasteiger partial charge in [0.2, 0.25) is 0 Å². The van der Waals surface area contributed by atoms with Gasteiger partial charge in [-0.2, -0.15) is 0 Å². The van der Waals surface area contributed by atoms with Gasteiger partial charge in [0.15, 0.2) is 0 Å². The van der Waals surface area contributed by atoms with Crippen molar-refractivity contribution < 1.29 is 0 Å². The van der Waals surface area contributed by atoms with Gasteiger partial charge < -0.3 is 0 Å². The fraction of sp³-hybridized carbons (Fsp3) is 0.611. The first-order valence-corrected chi connectivity index (χ1v) is 7.74. The lowest BCUT2D eigenvalue weighted by atomic mass is 9.89. The molecule has 0 amide bonds. The fourth-order valence-corrected chi connectivity index (χ4v) is 2.70. The molecule has 0 aliphatic carbocycles. The third-order valence-electron chi connectivity index (χ3n) is 3.40. The molecule has 0 spiro atoms. The van der Waals surface area contributed by atoms with Gasteiger partial charge in [0.25, 0.3) is 0 Å². The van der Waals surface area contributed by atoms with E-state index in [0.29, 0.717) is 0 Å². The summed E-state index contributed by atoms with van der Waals surface area (Å²) in [5, 5.41) is 0. The highest BCUT2D eigenvalue weighted by Crippen LogP contribution is 2.24. The summed E-state index contributed by atoms with van der Waals surface area (Å²) < 4.78 is 0. The standard InChI is InChI=1S/C18H29/c1-5-9-15-13-16(10-6-2)18(12-8-4)17(14-15)11-7-3/h12-14H,5-11H2,1-4H3. The number of aryl methyl sites for hydroxylation is 3. The van der Waals surface area contributed by atoms with Gasteiger partial charge in [-0.25, -0.2) is 0 Å². The molecule has 0 nitrogen and oxygen atoms in total. The Balaban J connectivity index is 3.15. The van der Waals surface area contributed by atoms with Gasteiger partial charge in [-0.1, -0.05) is 59.1 Å². The molecule has 1 aromatic rings. The quantitative estimate of drug-likeness (QED) is 0.567. The van der Waals surface area contributed by atoms with E-state index in [9.17, 15) is 0 Å². The van der Waals surface area contributed by atoms with Gasteiger partial charge in [0, 0.05) is 0 Å². The average Bonchev–Trinajstić information content (AvgIpc) is 2.34. The second-order valence-electron chi connectivity index (χ2n) is 5.19. The summed E-state index contributed by atoms with van der Waals surface area (Å²) in [7, 11) is 0. The Bertz CT molecular complexity index is 322. The van der Waals surface area contributed by atoms with Gasteiger partial charge in [-0.15, -0.1) is 0 Å². The highest BCUT2D eigenvalue weighted by Gasteiger charge is 2.09. The molecule has 1 aromatic carbocycles. The van der Waals surface area contributed by atoms with Crippen LogP contribution in [-0.2, 0) is 19.3 Å². The summed E-state index contributed by atoms with van der Waals surface area (Å²) in [6, 6.07) is 4.90. The Morgan fingerprint density at radius 3 is 1.67 bits per heavy atom. The van der Waals surface area contributed by atoms with Crippen LogP contribution in [-0.4, -0.2) is 0 Å². The smallest absolute Gasteiger partial charge is 0.00901 e. The van der Waals surface area contributed by atoms with Gasteiger partial charge in [-0.05, 0) is 54.4 Å². The lowest BCUT2D eigenvalue weighted by Gasteiger charge is -2.16. The van der Waals surface area contributed by atoms with Crippen molar-refractivity contribution in [3.8, 4) is 0 Å². The van der Waals surface area contributed by atoms with E-state index in [4.69, 9.17) is 0 Å². The van der Waals surface area contributed by atoms with Crippen molar-refractivity contribution in [2.24, 2.45) is 0 Å². The molecule has 0 aliphatic heterocycles. The lowest BCUT2D eigenvalue weighted by molar-refractivity contribution is 0.855. The van der Waals surface area contributed by atoms with Crippen LogP contribution in [0.3, 0.4) is 0 Å². The first kappa shape index (κ1) is 15.3. The Kier molecular flexibility index (Phi) is 7.08. The minimum atomic E-state index is 1.14. The Morgan fingerprint density at radius 1 is 0.778 bits per heavy atom. The molecule has 0 saturated heterocycles. The van der Waals surface area contributed by atoms with Crippen molar-refractivity contribution in [1.82, 2.24) is 0 Å². The van der Waals surface area contributed by atoms with Crippen molar-refractivity contribution in [2.75, 3.05) is 0 Å². The molecule has 0 bridgehead atoms. The summed E-state index contributed by atoms with van der Waals surface area (Å²) in [4.78, 5) is 0. The van der Waals surface area contributed by atoms with E-state index >= 15 is 0 Å². The minimum Gasteiger partial charge on any atom is -0.0651 e. The minimum absolute atomic E-state index is 1.14. The van der Waals surface area contributed by atoms with Crippen molar-refractivity contribution in [3.63, 3.8) is 0 Å². The monoisotopic (exact) mass is 245 g/mol. The maximum Gasteiger partial charge on any atom is -0.00901 e. The van der Waals surface area contributed by atoms with Crippen molar-refractivity contribution in [2.45, 2.75) is 72.6 Å². The maximum absolute atomic E-state index is 2.45. The van der Waals surface area contributed by atoms with Crippen LogP contribution in [0.2, 0.25) is 0 Å². The van der Waals surface area contributed by atoms with Crippen molar-refractivity contribution in [3.05, 3.63) is 40.8 Å². The zero-order valence-electron chi connectivity index (χ0n) is 12.7. The average molecular weight is 245 g/mol. The van der Waals surface area contributed by atoms with Crippen molar-refractivity contribution in [1.29, 1.82) is 0 Å². The van der Waals surface area contributed by atoms with E-state index in [1.165, 1.54) is 44.1 Å². The van der Waals surface area contributed by atoms with Gasteiger partial charge in [0.05, 0.1) is 0 Å². The molecule has 0 N–H and O–H groups in total. The Morgan fingerprint density at radius 2 is 1.28 bits per heavy atom. The first-order valence-electron chi connectivity index (χ1n) is 7.74. The normalized spacial score (nSPS) is 10.9. The summed E-state index contributed by atoms with van der Waals surface area (Å²) in [5.41, 5.74) is 6.24. The summed E-state index contributed by atoms with van der Waals surface area (Å²) >= 11 is 0. The van der Waals surface area contributed by atoms with Crippen LogP contribution in [0, 0.1) is 6.42 Å². The number of hydrogen-bond donors (Lipinski definition) is 0. The molecule has 101 valence electrons. The second-order valence-corrected chi connectivity index (χ2v) is 5.19. The zero-order valence-corrected chi connectivity index (χ0v) is 12.7. The van der Waals surface area contributed by atoms with E-state index < -0.39 is 0 Å². The van der Waals surface area contributed by atoms with Crippen LogP contribution >= 0.6 is 0 Å². The molecule has 0 aliphatic rings. The number of hydrogen-bond acceptors (Lipinski definition) is 0. The first-order chi connectivity index (χ1) is 8.76. The molecule has 0 heterocycles. The highest BCUT2D eigenvalue weighted by molar-refractivity contribution is 5.44. The number of benzene rings is 1. The van der Waals surface area contributed by atoms with Crippen LogP contribution in [0.5, 0.6) is 0 Å². The number of rotatable bonds is 8. The zero-order chi connectivity index (χ0) is 13.4. The molecule has 1 radical (unpaired) electrons. The topological polar surface area (TPSA) is 0 Å². The molecule has 0 aromatic heterocycles. The Hall–Kier alpha value is -0.780. The van der Waals surface area contributed by atoms with Crippen LogP contribution < -0.4 is 0 Å². The summed E-state index contributed by atoms with van der Waals surface area (Å²) in [5.74, 6) is 0. The van der Waals surface area contributed by atoms with E-state index in [1.807, 2.05) is 0 Å². The van der Waals surface area contributed by atoms with Crippen molar-refractivity contribution >= 4 is 0 Å². The van der Waals surface area contributed by atoms with E-state index in [2.05, 4.69) is 46.2 Å². The molecular formula is C18H29. The molecule has 18 heavy (non-hydrogen) atoms. The van der Waals surface area contributed by atoms with Crippen LogP contribution in [0.4, 0.5) is 0 Å². The predicted octanol–water partition coefficient (Wildman–Crippen LogP) is 5.51. The molecule has 1 rings (SSSR count). The van der Waals surface area contributed by atoms with Gasteiger partial charge >= 0.3 is 0 Å². The van der Waals surface area contributed by atoms with E-state index in [0.717, 1.165) is 6.42 Å². The van der Waals surface area contributed by atoms with Gasteiger partial charge in [-0.3, -0.25) is 0 Å². The summed E-state index contributed by atoms with van der Waals surface area (Å²) in [6.07, 6.45) is 11.0. The lowest BCUT2D eigenvalue weighted by Crippen LogP contribution is -2.02. The van der Waals surface area contributed by atoms with Crippen LogP contribution in [0.25, 0.3) is 0 Å². The molecule has 0 saturated carbocycles. The maximum atomic E-state index is 2.45. The molecule has 0 atom stereocenters. The molecule has 0 unspecified atom stereocenters. The predicted molar refractivity (Wildman–Crippen MR) is 82.1 cm³/mol. The fourth-order valence-electron chi connectivity index (χ4n) is 2.70. The molecular weight excluding hydrogens is 216 g/mol. The van der Waals surface area contributed by atoms with E-state index in [1.54, 1.807) is 16.7 Å². The third kappa shape index (κ3) is 4.15.